The number of hydrogen-bond acceptors (Lipinski definition) is 5. The van der Waals surface area contributed by atoms with Gasteiger partial charge in [-0.15, -0.1) is 0 Å². The van der Waals surface area contributed by atoms with E-state index in [-0.39, 0.29) is 18.3 Å². The molecule has 0 radical (unpaired) electrons. The number of esters is 1. The molecule has 0 saturated heterocycles. The van der Waals surface area contributed by atoms with Crippen molar-refractivity contribution in [2.45, 2.75) is 26.7 Å². The van der Waals surface area contributed by atoms with Crippen molar-refractivity contribution in [1.82, 2.24) is 4.90 Å². The van der Waals surface area contributed by atoms with Crippen molar-refractivity contribution >= 4 is 29.8 Å². The van der Waals surface area contributed by atoms with Crippen molar-refractivity contribution < 1.29 is 24.2 Å². The normalized spacial score (nSPS) is 11.0. The highest BCUT2D eigenvalue weighted by molar-refractivity contribution is 5.99. The standard InChI is InChI=1S/C24H27N3O5/c1-3-4-13-27(15-21(28)29)23(30)16(2)14-17-5-7-19(8-6-17)24(31)32-20-11-9-18(10-12-20)22(25)26/h5-12,14H,3-4,13,15H2,1-2H3,(H3,25,26)(H,28,29). The number of carbonyl (C=O) groups is 3. The van der Waals surface area contributed by atoms with Crippen LogP contribution in [0.25, 0.3) is 6.08 Å². The topological polar surface area (TPSA) is 134 Å². The minimum absolute atomic E-state index is 0.0725. The van der Waals surface area contributed by atoms with E-state index < -0.39 is 11.9 Å². The van der Waals surface area contributed by atoms with Gasteiger partial charge in [-0.1, -0.05) is 25.5 Å². The Morgan fingerprint density at radius 2 is 1.66 bits per heavy atom. The van der Waals surface area contributed by atoms with Gasteiger partial charge in [-0.2, -0.15) is 0 Å². The quantitative estimate of drug-likeness (QED) is 0.172. The molecule has 2 rings (SSSR count). The van der Waals surface area contributed by atoms with E-state index in [0.717, 1.165) is 12.8 Å². The van der Waals surface area contributed by atoms with Crippen molar-refractivity contribution in [3.8, 4) is 5.75 Å². The number of unbranched alkanes of at least 4 members (excludes halogenated alkanes) is 1. The molecule has 0 heterocycles. The first-order valence-corrected chi connectivity index (χ1v) is 10.2. The molecule has 0 aliphatic carbocycles. The molecular weight excluding hydrogens is 410 g/mol. The molecule has 1 amide bonds. The van der Waals surface area contributed by atoms with Crippen molar-refractivity contribution in [2.75, 3.05) is 13.1 Å². The summed E-state index contributed by atoms with van der Waals surface area (Å²) in [6.45, 7) is 3.64. The Balaban J connectivity index is 2.07. The average molecular weight is 437 g/mol. The zero-order valence-electron chi connectivity index (χ0n) is 18.1. The molecule has 0 spiro atoms. The van der Waals surface area contributed by atoms with Crippen LogP contribution in [0.2, 0.25) is 0 Å². The van der Waals surface area contributed by atoms with Crippen LogP contribution in [0.5, 0.6) is 5.75 Å². The van der Waals surface area contributed by atoms with Crippen molar-refractivity contribution in [3.05, 3.63) is 70.8 Å². The third-order valence-electron chi connectivity index (χ3n) is 4.64. The van der Waals surface area contributed by atoms with Gasteiger partial charge in [0.25, 0.3) is 0 Å². The number of carboxylic acids is 1. The Hall–Kier alpha value is -3.94. The number of ether oxygens (including phenoxy) is 1. The van der Waals surface area contributed by atoms with Gasteiger partial charge >= 0.3 is 11.9 Å². The number of carboxylic acid groups (broad SMARTS) is 1. The zero-order chi connectivity index (χ0) is 23.7. The monoisotopic (exact) mass is 437 g/mol. The van der Waals surface area contributed by atoms with E-state index in [4.69, 9.17) is 21.0 Å². The van der Waals surface area contributed by atoms with Crippen LogP contribution in [0.1, 0.15) is 48.2 Å². The summed E-state index contributed by atoms with van der Waals surface area (Å²) < 4.78 is 5.32. The lowest BCUT2D eigenvalue weighted by molar-refractivity contribution is -0.143. The molecule has 8 heteroatoms. The summed E-state index contributed by atoms with van der Waals surface area (Å²) >= 11 is 0. The minimum atomic E-state index is -1.05. The van der Waals surface area contributed by atoms with Gasteiger partial charge in [-0.05, 0) is 61.4 Å². The zero-order valence-corrected chi connectivity index (χ0v) is 18.1. The second kappa shape index (κ2) is 11.5. The van der Waals surface area contributed by atoms with E-state index in [0.29, 0.717) is 34.6 Å². The van der Waals surface area contributed by atoms with Crippen LogP contribution in [0.3, 0.4) is 0 Å². The highest BCUT2D eigenvalue weighted by atomic mass is 16.5. The number of amides is 1. The van der Waals surface area contributed by atoms with Crippen molar-refractivity contribution in [2.24, 2.45) is 5.73 Å². The molecule has 0 fully saturated rings. The number of hydrogen-bond donors (Lipinski definition) is 3. The maximum atomic E-state index is 12.6. The number of nitrogens with zero attached hydrogens (tertiary/aromatic N) is 1. The van der Waals surface area contributed by atoms with E-state index in [1.807, 2.05) is 6.92 Å². The van der Waals surface area contributed by atoms with E-state index in [1.165, 1.54) is 4.90 Å². The lowest BCUT2D eigenvalue weighted by atomic mass is 10.1. The molecule has 0 aromatic heterocycles. The summed E-state index contributed by atoms with van der Waals surface area (Å²) in [5.74, 6) is -1.68. The Morgan fingerprint density at radius 3 is 2.19 bits per heavy atom. The fourth-order valence-corrected chi connectivity index (χ4v) is 2.91. The number of carbonyl (C=O) groups excluding carboxylic acids is 2. The molecule has 0 unspecified atom stereocenters. The van der Waals surface area contributed by atoms with Crippen LogP contribution >= 0.6 is 0 Å². The first kappa shape index (κ1) is 24.3. The third-order valence-corrected chi connectivity index (χ3v) is 4.64. The summed E-state index contributed by atoms with van der Waals surface area (Å²) in [4.78, 5) is 37.4. The van der Waals surface area contributed by atoms with Crippen LogP contribution in [0.15, 0.2) is 54.1 Å². The number of nitrogen functional groups attached to an aromatic ring is 1. The Morgan fingerprint density at radius 1 is 1.06 bits per heavy atom. The summed E-state index contributed by atoms with van der Waals surface area (Å²) in [5, 5.41) is 16.4. The van der Waals surface area contributed by atoms with Crippen molar-refractivity contribution in [1.29, 1.82) is 5.41 Å². The lowest BCUT2D eigenvalue weighted by Crippen LogP contribution is -2.36. The van der Waals surface area contributed by atoms with E-state index >= 15 is 0 Å². The third kappa shape index (κ3) is 7.09. The van der Waals surface area contributed by atoms with Gasteiger partial charge in [0, 0.05) is 17.7 Å². The maximum absolute atomic E-state index is 12.6. The van der Waals surface area contributed by atoms with Gasteiger partial charge in [0.1, 0.15) is 18.1 Å². The Kier molecular flexibility index (Phi) is 8.71. The summed E-state index contributed by atoms with van der Waals surface area (Å²) in [6, 6.07) is 12.8. The number of aliphatic carboxylic acids is 1. The van der Waals surface area contributed by atoms with Crippen LogP contribution < -0.4 is 10.5 Å². The van der Waals surface area contributed by atoms with Gasteiger partial charge in [0.05, 0.1) is 5.56 Å². The van der Waals surface area contributed by atoms with Crippen LogP contribution in [0, 0.1) is 5.41 Å². The van der Waals surface area contributed by atoms with Crippen LogP contribution in [0.4, 0.5) is 0 Å². The molecule has 0 aliphatic rings. The highest BCUT2D eigenvalue weighted by Gasteiger charge is 2.18. The smallest absolute Gasteiger partial charge is 0.343 e. The summed E-state index contributed by atoms with van der Waals surface area (Å²) in [6.07, 6.45) is 3.23. The number of benzene rings is 2. The molecule has 0 aliphatic heterocycles. The largest absolute Gasteiger partial charge is 0.480 e. The predicted molar refractivity (Wildman–Crippen MR) is 122 cm³/mol. The number of rotatable bonds is 10. The second-order valence-electron chi connectivity index (χ2n) is 7.25. The molecule has 8 nitrogen and oxygen atoms in total. The molecule has 0 bridgehead atoms. The number of nitrogens with two attached hydrogens (primary N) is 1. The van der Waals surface area contributed by atoms with E-state index in [2.05, 4.69) is 0 Å². The Labute approximate surface area is 186 Å². The minimum Gasteiger partial charge on any atom is -0.480 e. The second-order valence-corrected chi connectivity index (χ2v) is 7.25. The fraction of sp³-hybridized carbons (Fsp3) is 0.250. The van der Waals surface area contributed by atoms with Gasteiger partial charge in [-0.3, -0.25) is 15.0 Å². The average Bonchev–Trinajstić information content (AvgIpc) is 2.76. The highest BCUT2D eigenvalue weighted by Crippen LogP contribution is 2.16. The van der Waals surface area contributed by atoms with Gasteiger partial charge in [-0.25, -0.2) is 4.79 Å². The first-order chi connectivity index (χ1) is 15.2. The molecule has 0 saturated carbocycles. The van der Waals surface area contributed by atoms with E-state index in [9.17, 15) is 14.4 Å². The molecule has 32 heavy (non-hydrogen) atoms. The van der Waals surface area contributed by atoms with Crippen LogP contribution in [-0.2, 0) is 9.59 Å². The van der Waals surface area contributed by atoms with E-state index in [1.54, 1.807) is 61.5 Å². The van der Waals surface area contributed by atoms with Crippen molar-refractivity contribution in [3.63, 3.8) is 0 Å². The van der Waals surface area contributed by atoms with Gasteiger partial charge in [0.15, 0.2) is 0 Å². The number of nitrogens with one attached hydrogen (secondary N) is 1. The lowest BCUT2D eigenvalue weighted by Gasteiger charge is -2.20. The van der Waals surface area contributed by atoms with Crippen LogP contribution in [-0.4, -0.2) is 46.8 Å². The maximum Gasteiger partial charge on any atom is 0.343 e. The molecule has 0 atom stereocenters. The summed E-state index contributed by atoms with van der Waals surface area (Å²) in [5.41, 5.74) is 7.37. The Bertz CT molecular complexity index is 1010. The molecule has 2 aromatic rings. The predicted octanol–water partition coefficient (Wildman–Crippen LogP) is 3.31. The first-order valence-electron chi connectivity index (χ1n) is 10.2. The molecule has 4 N–H and O–H groups in total. The summed E-state index contributed by atoms with van der Waals surface area (Å²) in [7, 11) is 0. The fourth-order valence-electron chi connectivity index (χ4n) is 2.91. The van der Waals surface area contributed by atoms with Gasteiger partial charge in [0.2, 0.25) is 5.91 Å². The SMILES string of the molecule is CCCCN(CC(=O)O)C(=O)C(C)=Cc1ccc(C(=O)Oc2ccc(C(=N)N)cc2)cc1. The molecule has 2 aromatic carbocycles. The molecule has 168 valence electrons. The molecular formula is C24H27N3O5. The number of amidine groups is 1. The van der Waals surface area contributed by atoms with Gasteiger partial charge < -0.3 is 20.5 Å².